The zero-order valence-corrected chi connectivity index (χ0v) is 17.9. The summed E-state index contributed by atoms with van der Waals surface area (Å²) in [6.07, 6.45) is 0.170. The van der Waals surface area contributed by atoms with E-state index in [1.165, 1.54) is 0 Å². The second-order valence-electron chi connectivity index (χ2n) is 7.74. The zero-order chi connectivity index (χ0) is 22.0. The van der Waals surface area contributed by atoms with Crippen molar-refractivity contribution in [3.05, 3.63) is 66.2 Å². The fourth-order valence-electron chi connectivity index (χ4n) is 4.16. The molecular weight excluding hydrogens is 392 g/mol. The van der Waals surface area contributed by atoms with E-state index in [4.69, 9.17) is 9.47 Å². The Morgan fingerprint density at radius 2 is 1.84 bits per heavy atom. The van der Waals surface area contributed by atoms with Crippen LogP contribution in [-0.2, 0) is 9.59 Å². The van der Waals surface area contributed by atoms with E-state index in [-0.39, 0.29) is 24.3 Å². The monoisotopic (exact) mass is 418 g/mol. The maximum atomic E-state index is 13.0. The fraction of sp³-hybridized carbons (Fsp3) is 0.280. The maximum Gasteiger partial charge on any atom is 0.227 e. The second-order valence-corrected chi connectivity index (χ2v) is 7.74. The van der Waals surface area contributed by atoms with Crippen molar-refractivity contribution < 1.29 is 19.1 Å². The number of fused-ring (bicyclic) bond motifs is 1. The number of hydrogen-bond acceptors (Lipinski definition) is 4. The molecule has 0 aromatic heterocycles. The molecule has 1 aliphatic heterocycles. The van der Waals surface area contributed by atoms with E-state index in [0.29, 0.717) is 23.7 Å². The number of amides is 2. The van der Waals surface area contributed by atoms with Crippen LogP contribution < -0.4 is 19.7 Å². The highest BCUT2D eigenvalue weighted by Gasteiger charge is 2.36. The molecule has 2 amide bonds. The highest BCUT2D eigenvalue weighted by Crippen LogP contribution is 2.36. The van der Waals surface area contributed by atoms with Crippen molar-refractivity contribution in [2.45, 2.75) is 19.4 Å². The minimum atomic E-state index is -0.420. The lowest BCUT2D eigenvalue weighted by Gasteiger charge is -2.21. The summed E-state index contributed by atoms with van der Waals surface area (Å²) in [4.78, 5) is 27.3. The van der Waals surface area contributed by atoms with Gasteiger partial charge in [0.15, 0.2) is 0 Å². The number of anilines is 1. The van der Waals surface area contributed by atoms with Crippen molar-refractivity contribution in [2.75, 3.05) is 25.7 Å². The largest absolute Gasteiger partial charge is 0.497 e. The molecule has 6 nitrogen and oxygen atoms in total. The van der Waals surface area contributed by atoms with E-state index in [1.807, 2.05) is 31.2 Å². The standard InChI is InChI=1S/C25H26N2O4/c1-16(20-10-6-8-17-7-4-5-9-21(17)20)26-25(29)18-13-24(28)27(15-18)22-12-11-19(30-2)14-23(22)31-3/h4-12,14,16,18H,13,15H2,1-3H3,(H,26,29). The lowest BCUT2D eigenvalue weighted by molar-refractivity contribution is -0.126. The molecule has 160 valence electrons. The first-order chi connectivity index (χ1) is 15.0. The molecule has 3 aromatic rings. The van der Waals surface area contributed by atoms with Crippen LogP contribution in [0, 0.1) is 5.92 Å². The van der Waals surface area contributed by atoms with E-state index in [2.05, 4.69) is 23.5 Å². The number of rotatable bonds is 6. The van der Waals surface area contributed by atoms with Gasteiger partial charge in [0, 0.05) is 19.0 Å². The van der Waals surface area contributed by atoms with Crippen LogP contribution in [0.25, 0.3) is 10.8 Å². The first-order valence-corrected chi connectivity index (χ1v) is 10.3. The van der Waals surface area contributed by atoms with E-state index < -0.39 is 5.92 Å². The third-order valence-electron chi connectivity index (χ3n) is 5.82. The molecule has 1 N–H and O–H groups in total. The molecule has 0 saturated carbocycles. The van der Waals surface area contributed by atoms with Crippen LogP contribution in [0.15, 0.2) is 60.7 Å². The van der Waals surface area contributed by atoms with Gasteiger partial charge in [-0.2, -0.15) is 0 Å². The number of nitrogens with one attached hydrogen (secondary N) is 1. The molecule has 1 aliphatic rings. The predicted molar refractivity (Wildman–Crippen MR) is 121 cm³/mol. The molecule has 0 radical (unpaired) electrons. The average Bonchev–Trinajstić information content (AvgIpc) is 3.19. The first-order valence-electron chi connectivity index (χ1n) is 10.3. The average molecular weight is 418 g/mol. The predicted octanol–water partition coefficient (Wildman–Crippen LogP) is 4.09. The molecule has 0 aliphatic carbocycles. The fourth-order valence-corrected chi connectivity index (χ4v) is 4.16. The second kappa shape index (κ2) is 8.68. The van der Waals surface area contributed by atoms with Crippen molar-refractivity contribution in [1.82, 2.24) is 5.32 Å². The van der Waals surface area contributed by atoms with Gasteiger partial charge in [-0.15, -0.1) is 0 Å². The summed E-state index contributed by atoms with van der Waals surface area (Å²) in [7, 11) is 3.13. The van der Waals surface area contributed by atoms with E-state index >= 15 is 0 Å². The minimum Gasteiger partial charge on any atom is -0.497 e. The summed E-state index contributed by atoms with van der Waals surface area (Å²) in [5, 5.41) is 5.35. The van der Waals surface area contributed by atoms with Crippen LogP contribution in [0.4, 0.5) is 5.69 Å². The van der Waals surface area contributed by atoms with Gasteiger partial charge in [-0.3, -0.25) is 9.59 Å². The first kappa shape index (κ1) is 20.7. The SMILES string of the molecule is COc1ccc(N2CC(C(=O)NC(C)c3cccc4ccccc34)CC2=O)c(OC)c1. The van der Waals surface area contributed by atoms with E-state index in [9.17, 15) is 9.59 Å². The van der Waals surface area contributed by atoms with Crippen molar-refractivity contribution >= 4 is 28.3 Å². The molecule has 1 saturated heterocycles. The molecular formula is C25H26N2O4. The molecule has 4 rings (SSSR count). The molecule has 2 unspecified atom stereocenters. The number of carbonyl (C=O) groups is 2. The molecule has 3 aromatic carbocycles. The van der Waals surface area contributed by atoms with Gasteiger partial charge in [0.05, 0.1) is 31.9 Å². The third kappa shape index (κ3) is 4.06. The van der Waals surface area contributed by atoms with Crippen LogP contribution >= 0.6 is 0 Å². The Bertz CT molecular complexity index is 1120. The Balaban J connectivity index is 1.50. The molecule has 0 spiro atoms. The summed E-state index contributed by atoms with van der Waals surface area (Å²) in [5.41, 5.74) is 1.70. The van der Waals surface area contributed by atoms with Crippen molar-refractivity contribution in [3.63, 3.8) is 0 Å². The zero-order valence-electron chi connectivity index (χ0n) is 17.9. The number of ether oxygens (including phenoxy) is 2. The van der Waals surface area contributed by atoms with Crippen molar-refractivity contribution in [1.29, 1.82) is 0 Å². The van der Waals surface area contributed by atoms with E-state index in [1.54, 1.807) is 37.3 Å². The minimum absolute atomic E-state index is 0.0959. The lowest BCUT2D eigenvalue weighted by Crippen LogP contribution is -2.34. The van der Waals surface area contributed by atoms with Crippen LogP contribution in [0.5, 0.6) is 11.5 Å². The van der Waals surface area contributed by atoms with Gasteiger partial charge in [-0.25, -0.2) is 0 Å². The lowest BCUT2D eigenvalue weighted by atomic mass is 9.99. The van der Waals surface area contributed by atoms with Crippen LogP contribution in [0.3, 0.4) is 0 Å². The summed E-state index contributed by atoms with van der Waals surface area (Å²) in [6, 6.07) is 19.3. The summed E-state index contributed by atoms with van der Waals surface area (Å²) in [6.45, 7) is 2.29. The van der Waals surface area contributed by atoms with Crippen LogP contribution in [-0.4, -0.2) is 32.6 Å². The Kier molecular flexibility index (Phi) is 5.80. The van der Waals surface area contributed by atoms with E-state index in [0.717, 1.165) is 16.3 Å². The molecule has 1 heterocycles. The normalized spacial score (nSPS) is 16.9. The van der Waals surface area contributed by atoms with Gasteiger partial charge >= 0.3 is 0 Å². The summed E-state index contributed by atoms with van der Waals surface area (Å²) in [5.74, 6) is 0.547. The number of benzene rings is 3. The van der Waals surface area contributed by atoms with Crippen molar-refractivity contribution in [2.24, 2.45) is 5.92 Å². The summed E-state index contributed by atoms with van der Waals surface area (Å²) >= 11 is 0. The van der Waals surface area contributed by atoms with Crippen LogP contribution in [0.2, 0.25) is 0 Å². The topological polar surface area (TPSA) is 67.9 Å². The number of carbonyl (C=O) groups excluding carboxylic acids is 2. The third-order valence-corrected chi connectivity index (χ3v) is 5.82. The molecule has 0 bridgehead atoms. The van der Waals surface area contributed by atoms with Gasteiger partial charge in [0.25, 0.3) is 0 Å². The maximum absolute atomic E-state index is 13.0. The Labute approximate surface area is 181 Å². The van der Waals surface area contributed by atoms with Gasteiger partial charge < -0.3 is 19.7 Å². The molecule has 2 atom stereocenters. The van der Waals surface area contributed by atoms with Crippen molar-refractivity contribution in [3.8, 4) is 11.5 Å². The van der Waals surface area contributed by atoms with Gasteiger partial charge in [-0.05, 0) is 35.4 Å². The molecule has 1 fully saturated rings. The van der Waals surface area contributed by atoms with Crippen LogP contribution in [0.1, 0.15) is 24.9 Å². The van der Waals surface area contributed by atoms with Gasteiger partial charge in [0.2, 0.25) is 11.8 Å². The Hall–Kier alpha value is -3.54. The quantitative estimate of drug-likeness (QED) is 0.655. The number of methoxy groups -OCH3 is 2. The molecule has 6 heteroatoms. The number of hydrogen-bond donors (Lipinski definition) is 1. The highest BCUT2D eigenvalue weighted by molar-refractivity contribution is 6.01. The Morgan fingerprint density at radius 1 is 1.06 bits per heavy atom. The van der Waals surface area contributed by atoms with Gasteiger partial charge in [0.1, 0.15) is 11.5 Å². The van der Waals surface area contributed by atoms with Gasteiger partial charge in [-0.1, -0.05) is 42.5 Å². The number of nitrogens with zero attached hydrogens (tertiary/aromatic N) is 1. The highest BCUT2D eigenvalue weighted by atomic mass is 16.5. The molecule has 31 heavy (non-hydrogen) atoms. The Morgan fingerprint density at radius 3 is 2.61 bits per heavy atom. The smallest absolute Gasteiger partial charge is 0.227 e. The summed E-state index contributed by atoms with van der Waals surface area (Å²) < 4.78 is 10.7.